The van der Waals surface area contributed by atoms with Crippen molar-refractivity contribution >= 4 is 11.6 Å². The summed E-state index contributed by atoms with van der Waals surface area (Å²) in [6, 6.07) is 8.93. The van der Waals surface area contributed by atoms with E-state index in [-0.39, 0.29) is 18.5 Å². The lowest BCUT2D eigenvalue weighted by molar-refractivity contribution is -0.115. The molecule has 2 N–H and O–H groups in total. The molecule has 148 valence electrons. The van der Waals surface area contributed by atoms with Gasteiger partial charge in [0.2, 0.25) is 5.91 Å². The number of aromatic nitrogens is 2. The molecule has 0 aliphatic rings. The van der Waals surface area contributed by atoms with Gasteiger partial charge in [0.1, 0.15) is 0 Å². The molecule has 1 aromatic carbocycles. The molecule has 2 rings (SSSR count). The molecule has 0 aliphatic heterocycles. The van der Waals surface area contributed by atoms with E-state index in [1.165, 1.54) is 11.1 Å². The molecule has 0 aliphatic carbocycles. The lowest BCUT2D eigenvalue weighted by atomic mass is 9.92. The van der Waals surface area contributed by atoms with Crippen molar-refractivity contribution in [2.24, 2.45) is 13.0 Å². The van der Waals surface area contributed by atoms with Gasteiger partial charge in [-0.15, -0.1) is 0 Å². The maximum atomic E-state index is 12.5. The monoisotopic (exact) mass is 370 g/mol. The number of nitrogens with zero attached hydrogens (tertiary/aromatic N) is 2. The van der Waals surface area contributed by atoms with E-state index in [9.17, 15) is 4.79 Å². The van der Waals surface area contributed by atoms with Crippen molar-refractivity contribution in [1.82, 2.24) is 15.1 Å². The summed E-state index contributed by atoms with van der Waals surface area (Å²) in [5.74, 6) is 0.909. The molecule has 0 fully saturated rings. The second kappa shape index (κ2) is 9.18. The molecule has 0 spiro atoms. The number of hydrogen-bond acceptors (Lipinski definition) is 3. The molecule has 0 saturated carbocycles. The first-order chi connectivity index (χ1) is 12.7. The van der Waals surface area contributed by atoms with Crippen LogP contribution in [0.1, 0.15) is 68.6 Å². The van der Waals surface area contributed by atoms with E-state index >= 15 is 0 Å². The van der Waals surface area contributed by atoms with Gasteiger partial charge in [-0.1, -0.05) is 52.0 Å². The minimum atomic E-state index is -0.0453. The third-order valence-corrected chi connectivity index (χ3v) is 5.40. The lowest BCUT2D eigenvalue weighted by Crippen LogP contribution is -2.33. The summed E-state index contributed by atoms with van der Waals surface area (Å²) in [6.45, 7) is 12.9. The topological polar surface area (TPSA) is 59.0 Å². The highest BCUT2D eigenvalue weighted by atomic mass is 16.1. The molecule has 0 radical (unpaired) electrons. The Bertz CT molecular complexity index is 761. The number of amides is 1. The van der Waals surface area contributed by atoms with Gasteiger partial charge in [0.05, 0.1) is 23.6 Å². The molecular formula is C22H34N4O. The van der Waals surface area contributed by atoms with Gasteiger partial charge in [-0.3, -0.25) is 9.48 Å². The molecule has 2 aromatic rings. The molecular weight excluding hydrogens is 336 g/mol. The first-order valence-corrected chi connectivity index (χ1v) is 9.87. The predicted octanol–water partition coefficient (Wildman–Crippen LogP) is 4.48. The van der Waals surface area contributed by atoms with Gasteiger partial charge < -0.3 is 10.6 Å². The van der Waals surface area contributed by atoms with Gasteiger partial charge >= 0.3 is 0 Å². The maximum Gasteiger partial charge on any atom is 0.238 e. The molecule has 5 heteroatoms. The van der Waals surface area contributed by atoms with E-state index in [0.717, 1.165) is 23.5 Å². The summed E-state index contributed by atoms with van der Waals surface area (Å²) < 4.78 is 1.79. The van der Waals surface area contributed by atoms with E-state index in [2.05, 4.69) is 67.7 Å². The Hall–Kier alpha value is -2.14. The highest BCUT2D eigenvalue weighted by molar-refractivity contribution is 5.93. The Morgan fingerprint density at radius 2 is 1.70 bits per heavy atom. The Kier molecular flexibility index (Phi) is 7.19. The largest absolute Gasteiger partial charge is 0.322 e. The number of nitrogens with one attached hydrogen (secondary N) is 2. The normalized spacial score (nSPS) is 13.6. The summed E-state index contributed by atoms with van der Waals surface area (Å²) in [5, 5.41) is 10.8. The molecule has 1 amide bonds. The highest BCUT2D eigenvalue weighted by Crippen LogP contribution is 2.25. The SMILES string of the molecule is CC[C@H](C)c1ccc([C@@H](NCC(=O)Nc2c(C)nn(C)c2C)C(C)C)cc1. The second-order valence-corrected chi connectivity index (χ2v) is 7.80. The van der Waals surface area contributed by atoms with Crippen LogP contribution in [0.3, 0.4) is 0 Å². The van der Waals surface area contributed by atoms with Crippen molar-refractivity contribution < 1.29 is 4.79 Å². The van der Waals surface area contributed by atoms with E-state index < -0.39 is 0 Å². The standard InChI is InChI=1S/C22H34N4O/c1-8-15(4)18-9-11-19(12-10-18)21(14(2)3)23-13-20(27)24-22-16(5)25-26(7)17(22)6/h9-12,14-15,21,23H,8,13H2,1-7H3,(H,24,27)/t15-,21-/m0/s1. The van der Waals surface area contributed by atoms with E-state index in [1.807, 2.05) is 20.9 Å². The summed E-state index contributed by atoms with van der Waals surface area (Å²) in [7, 11) is 1.88. The van der Waals surface area contributed by atoms with E-state index in [4.69, 9.17) is 0 Å². The average Bonchev–Trinajstić information content (AvgIpc) is 2.87. The van der Waals surface area contributed by atoms with Crippen LogP contribution in [-0.2, 0) is 11.8 Å². The molecule has 0 saturated heterocycles. The molecule has 27 heavy (non-hydrogen) atoms. The van der Waals surface area contributed by atoms with Crippen LogP contribution in [0, 0.1) is 19.8 Å². The first-order valence-electron chi connectivity index (χ1n) is 9.87. The molecule has 0 bridgehead atoms. The van der Waals surface area contributed by atoms with E-state index in [0.29, 0.717) is 11.8 Å². The predicted molar refractivity (Wildman–Crippen MR) is 112 cm³/mol. The zero-order valence-corrected chi connectivity index (χ0v) is 17.8. The quantitative estimate of drug-likeness (QED) is 0.720. The van der Waals surface area contributed by atoms with E-state index in [1.54, 1.807) is 4.68 Å². The summed E-state index contributed by atoms with van der Waals surface area (Å²) in [6.07, 6.45) is 1.14. The number of hydrogen-bond donors (Lipinski definition) is 2. The van der Waals surface area contributed by atoms with Crippen LogP contribution < -0.4 is 10.6 Å². The van der Waals surface area contributed by atoms with Crippen LogP contribution >= 0.6 is 0 Å². The van der Waals surface area contributed by atoms with Crippen LogP contribution in [0.2, 0.25) is 0 Å². The van der Waals surface area contributed by atoms with Crippen molar-refractivity contribution in [3.05, 3.63) is 46.8 Å². The number of benzene rings is 1. The van der Waals surface area contributed by atoms with Crippen molar-refractivity contribution in [3.8, 4) is 0 Å². The van der Waals surface area contributed by atoms with Crippen molar-refractivity contribution in [3.63, 3.8) is 0 Å². The fraction of sp³-hybridized carbons (Fsp3) is 0.545. The fourth-order valence-electron chi connectivity index (χ4n) is 3.35. The minimum Gasteiger partial charge on any atom is -0.322 e. The van der Waals surface area contributed by atoms with Crippen LogP contribution in [0.4, 0.5) is 5.69 Å². The van der Waals surface area contributed by atoms with Gasteiger partial charge in [0, 0.05) is 13.1 Å². The Labute approximate surface area is 163 Å². The Balaban J connectivity index is 2.03. The lowest BCUT2D eigenvalue weighted by Gasteiger charge is -2.23. The number of carbonyl (C=O) groups excluding carboxylic acids is 1. The zero-order valence-electron chi connectivity index (χ0n) is 17.8. The summed E-state index contributed by atoms with van der Waals surface area (Å²) in [4.78, 5) is 12.5. The van der Waals surface area contributed by atoms with Gasteiger partial charge in [0.25, 0.3) is 0 Å². The zero-order chi connectivity index (χ0) is 20.1. The molecule has 2 atom stereocenters. The fourth-order valence-corrected chi connectivity index (χ4v) is 3.35. The van der Waals surface area contributed by atoms with Gasteiger partial charge in [-0.25, -0.2) is 0 Å². The number of aryl methyl sites for hydroxylation is 2. The summed E-state index contributed by atoms with van der Waals surface area (Å²) >= 11 is 0. The third-order valence-electron chi connectivity index (χ3n) is 5.40. The second-order valence-electron chi connectivity index (χ2n) is 7.80. The number of rotatable bonds is 8. The highest BCUT2D eigenvalue weighted by Gasteiger charge is 2.18. The molecule has 1 aromatic heterocycles. The van der Waals surface area contributed by atoms with Gasteiger partial charge in [0.15, 0.2) is 0 Å². The Morgan fingerprint density at radius 1 is 1.11 bits per heavy atom. The maximum absolute atomic E-state index is 12.5. The summed E-state index contributed by atoms with van der Waals surface area (Å²) in [5.41, 5.74) is 5.19. The van der Waals surface area contributed by atoms with Crippen molar-refractivity contribution in [1.29, 1.82) is 0 Å². The van der Waals surface area contributed by atoms with Crippen molar-refractivity contribution in [2.45, 2.75) is 59.9 Å². The van der Waals surface area contributed by atoms with Crippen LogP contribution in [-0.4, -0.2) is 22.2 Å². The van der Waals surface area contributed by atoms with Crippen LogP contribution in [0.25, 0.3) is 0 Å². The third kappa shape index (κ3) is 5.19. The van der Waals surface area contributed by atoms with Gasteiger partial charge in [-0.2, -0.15) is 5.10 Å². The first kappa shape index (κ1) is 21.2. The molecule has 5 nitrogen and oxygen atoms in total. The number of anilines is 1. The smallest absolute Gasteiger partial charge is 0.238 e. The Morgan fingerprint density at radius 3 is 2.19 bits per heavy atom. The van der Waals surface area contributed by atoms with Crippen LogP contribution in [0.15, 0.2) is 24.3 Å². The number of carbonyl (C=O) groups is 1. The van der Waals surface area contributed by atoms with Crippen LogP contribution in [0.5, 0.6) is 0 Å². The minimum absolute atomic E-state index is 0.0453. The molecule has 1 heterocycles. The average molecular weight is 371 g/mol. The van der Waals surface area contributed by atoms with Crippen molar-refractivity contribution in [2.75, 3.05) is 11.9 Å². The van der Waals surface area contributed by atoms with Gasteiger partial charge in [-0.05, 0) is 43.2 Å². The molecule has 0 unspecified atom stereocenters.